The van der Waals surface area contributed by atoms with E-state index in [9.17, 15) is 19.5 Å². The van der Waals surface area contributed by atoms with E-state index in [4.69, 9.17) is 11.6 Å². The lowest BCUT2D eigenvalue weighted by atomic mass is 9.81. The predicted molar refractivity (Wildman–Crippen MR) is 182 cm³/mol. The minimum atomic E-state index is -1.06. The van der Waals surface area contributed by atoms with Gasteiger partial charge in [-0.25, -0.2) is 0 Å². The van der Waals surface area contributed by atoms with Crippen LogP contribution in [0.5, 0.6) is 0 Å². The highest BCUT2D eigenvalue weighted by Crippen LogP contribution is 2.34. The number of benzene rings is 3. The third kappa shape index (κ3) is 9.18. The van der Waals surface area contributed by atoms with Gasteiger partial charge in [0.2, 0.25) is 17.7 Å². The van der Waals surface area contributed by atoms with Crippen molar-refractivity contribution in [2.45, 2.75) is 83.1 Å². The largest absolute Gasteiger partial charge is 0.390 e. The molecular formula is C37H47ClN4O4. The number of aliphatic hydroxyl groups excluding tert-OH is 1. The Kier molecular flexibility index (Phi) is 12.8. The van der Waals surface area contributed by atoms with Crippen LogP contribution in [0, 0.1) is 5.92 Å². The van der Waals surface area contributed by atoms with Crippen molar-refractivity contribution in [2.24, 2.45) is 5.92 Å². The molecule has 1 aliphatic heterocycles. The van der Waals surface area contributed by atoms with Crippen molar-refractivity contribution in [1.29, 1.82) is 0 Å². The first-order valence-electron chi connectivity index (χ1n) is 16.2. The number of amides is 3. The maximum Gasteiger partial charge on any atom is 0.249 e. The molecule has 3 aromatic carbocycles. The molecule has 0 aliphatic carbocycles. The molecule has 0 saturated carbocycles. The normalized spacial score (nSPS) is 18.9. The molecule has 0 bridgehead atoms. The fourth-order valence-electron chi connectivity index (χ4n) is 6.38. The first-order valence-corrected chi connectivity index (χ1v) is 16.6. The summed E-state index contributed by atoms with van der Waals surface area (Å²) < 4.78 is 0. The van der Waals surface area contributed by atoms with Gasteiger partial charge in [0.15, 0.2) is 0 Å². The number of aryl methyl sites for hydroxylation is 1. The topological polar surface area (TPSA) is 111 Å². The number of nitrogens with zero attached hydrogens (tertiary/aromatic N) is 1. The van der Waals surface area contributed by atoms with Gasteiger partial charge >= 0.3 is 0 Å². The standard InChI is InChI=1S/C37H47ClN4O4/c1-4-26(2)37(41-27(3)43)20-21-42(36(37)46)33(19-18-28-12-7-5-8-13-28)35(45)40-32(23-29-14-9-6-10-15-29)34(44)25-39-24-30-16-11-17-31(38)22-30/h5-17,22,26,32-34,39,44H,4,18-21,23-25H2,1-3H3,(H,40,45)(H,41,43)/t26?,32-,33-,34+,37-/m0/s1. The zero-order chi connectivity index (χ0) is 33.1. The van der Waals surface area contributed by atoms with Gasteiger partial charge < -0.3 is 26.0 Å². The zero-order valence-electron chi connectivity index (χ0n) is 27.0. The Labute approximate surface area is 277 Å². The van der Waals surface area contributed by atoms with Gasteiger partial charge in [-0.2, -0.15) is 0 Å². The van der Waals surface area contributed by atoms with Gasteiger partial charge in [0.25, 0.3) is 0 Å². The van der Waals surface area contributed by atoms with Gasteiger partial charge in [-0.3, -0.25) is 14.4 Å². The molecule has 0 aromatic heterocycles. The summed E-state index contributed by atoms with van der Waals surface area (Å²) in [4.78, 5) is 42.4. The molecule has 8 nitrogen and oxygen atoms in total. The third-order valence-corrected chi connectivity index (χ3v) is 9.37. The van der Waals surface area contributed by atoms with Crippen LogP contribution in [0.15, 0.2) is 84.9 Å². The molecule has 9 heteroatoms. The van der Waals surface area contributed by atoms with Crippen molar-refractivity contribution in [2.75, 3.05) is 13.1 Å². The number of aliphatic hydroxyl groups is 1. The second-order valence-corrected chi connectivity index (χ2v) is 12.8. The number of halogens is 1. The molecule has 1 heterocycles. The van der Waals surface area contributed by atoms with Crippen LogP contribution in [0.3, 0.4) is 0 Å². The zero-order valence-corrected chi connectivity index (χ0v) is 27.8. The van der Waals surface area contributed by atoms with Gasteiger partial charge in [-0.1, -0.05) is 105 Å². The van der Waals surface area contributed by atoms with E-state index in [0.717, 1.165) is 16.7 Å². The van der Waals surface area contributed by atoms with Crippen LogP contribution in [0.4, 0.5) is 0 Å². The summed E-state index contributed by atoms with van der Waals surface area (Å²) in [5, 5.41) is 21.4. The van der Waals surface area contributed by atoms with E-state index < -0.39 is 23.7 Å². The molecule has 3 amide bonds. The molecule has 0 spiro atoms. The summed E-state index contributed by atoms with van der Waals surface area (Å²) in [5.74, 6) is -0.919. The lowest BCUT2D eigenvalue weighted by Crippen LogP contribution is -2.60. The number of likely N-dealkylation sites (tertiary alicyclic amines) is 1. The predicted octanol–water partition coefficient (Wildman–Crippen LogP) is 4.67. The molecule has 1 unspecified atom stereocenters. The number of hydrogen-bond donors (Lipinski definition) is 4. The Balaban J connectivity index is 1.56. The molecule has 5 atom stereocenters. The first-order chi connectivity index (χ1) is 22.1. The van der Waals surface area contributed by atoms with E-state index in [2.05, 4.69) is 16.0 Å². The van der Waals surface area contributed by atoms with E-state index in [0.29, 0.717) is 50.2 Å². The van der Waals surface area contributed by atoms with E-state index in [-0.39, 0.29) is 30.2 Å². The van der Waals surface area contributed by atoms with Crippen LogP contribution in [0.25, 0.3) is 0 Å². The monoisotopic (exact) mass is 646 g/mol. The summed E-state index contributed by atoms with van der Waals surface area (Å²) in [5.41, 5.74) is 1.97. The van der Waals surface area contributed by atoms with Crippen molar-refractivity contribution in [3.05, 3.63) is 107 Å². The molecule has 246 valence electrons. The van der Waals surface area contributed by atoms with Crippen molar-refractivity contribution >= 4 is 29.3 Å². The average molecular weight is 647 g/mol. The highest BCUT2D eigenvalue weighted by molar-refractivity contribution is 6.30. The molecule has 0 radical (unpaired) electrons. The lowest BCUT2D eigenvalue weighted by molar-refractivity contribution is -0.144. The average Bonchev–Trinajstić information content (AvgIpc) is 3.36. The summed E-state index contributed by atoms with van der Waals surface area (Å²) in [6, 6.07) is 25.7. The number of carbonyl (C=O) groups is 3. The summed E-state index contributed by atoms with van der Waals surface area (Å²) >= 11 is 6.14. The highest BCUT2D eigenvalue weighted by Gasteiger charge is 2.53. The Morgan fingerprint density at radius 3 is 2.26 bits per heavy atom. The minimum Gasteiger partial charge on any atom is -0.390 e. The van der Waals surface area contributed by atoms with Crippen LogP contribution in [0.1, 0.15) is 56.7 Å². The first kappa shape index (κ1) is 35.1. The van der Waals surface area contributed by atoms with Crippen LogP contribution in [-0.4, -0.2) is 64.5 Å². The van der Waals surface area contributed by atoms with Crippen molar-refractivity contribution in [1.82, 2.24) is 20.9 Å². The fraction of sp³-hybridized carbons (Fsp3) is 0.432. The third-order valence-electron chi connectivity index (χ3n) is 9.13. The SMILES string of the molecule is CCC(C)[C@@]1(NC(C)=O)CCN([C@@H](CCc2ccccc2)C(=O)N[C@@H](Cc2ccccc2)[C@H](O)CNCc2cccc(Cl)c2)C1=O. The van der Waals surface area contributed by atoms with Gasteiger partial charge in [-0.15, -0.1) is 0 Å². The van der Waals surface area contributed by atoms with Gasteiger partial charge in [0, 0.05) is 31.6 Å². The molecule has 4 N–H and O–H groups in total. The molecule has 4 rings (SSSR count). The Morgan fingerprint density at radius 2 is 1.63 bits per heavy atom. The summed E-state index contributed by atoms with van der Waals surface area (Å²) in [6.45, 7) is 6.49. The van der Waals surface area contributed by atoms with E-state index in [1.54, 1.807) is 4.90 Å². The number of nitrogens with one attached hydrogen (secondary N) is 3. The Bertz CT molecular complexity index is 1440. The quantitative estimate of drug-likeness (QED) is 0.181. The summed E-state index contributed by atoms with van der Waals surface area (Å²) in [7, 11) is 0. The van der Waals surface area contributed by atoms with Gasteiger partial charge in [-0.05, 0) is 60.4 Å². The van der Waals surface area contributed by atoms with E-state index in [1.165, 1.54) is 6.92 Å². The maximum absolute atomic E-state index is 14.3. The molecule has 3 aromatic rings. The maximum atomic E-state index is 14.3. The number of rotatable bonds is 16. The number of hydrogen-bond acceptors (Lipinski definition) is 5. The van der Waals surface area contributed by atoms with Crippen molar-refractivity contribution in [3.8, 4) is 0 Å². The minimum absolute atomic E-state index is 0.107. The smallest absolute Gasteiger partial charge is 0.249 e. The fourth-order valence-corrected chi connectivity index (χ4v) is 6.59. The molecular weight excluding hydrogens is 600 g/mol. The second kappa shape index (κ2) is 16.7. The van der Waals surface area contributed by atoms with Crippen molar-refractivity contribution in [3.63, 3.8) is 0 Å². The Morgan fingerprint density at radius 1 is 0.978 bits per heavy atom. The van der Waals surface area contributed by atoms with E-state index >= 15 is 0 Å². The molecule has 1 saturated heterocycles. The van der Waals surface area contributed by atoms with Crippen LogP contribution < -0.4 is 16.0 Å². The van der Waals surface area contributed by atoms with Crippen LogP contribution in [-0.2, 0) is 33.8 Å². The highest BCUT2D eigenvalue weighted by atomic mass is 35.5. The van der Waals surface area contributed by atoms with E-state index in [1.807, 2.05) is 98.8 Å². The van der Waals surface area contributed by atoms with Crippen LogP contribution in [0.2, 0.25) is 5.02 Å². The van der Waals surface area contributed by atoms with Crippen molar-refractivity contribution < 1.29 is 19.5 Å². The molecule has 46 heavy (non-hydrogen) atoms. The molecule has 1 aliphatic rings. The lowest BCUT2D eigenvalue weighted by Gasteiger charge is -2.36. The molecule has 1 fully saturated rings. The Hall–Kier alpha value is -3.72. The van der Waals surface area contributed by atoms with Crippen LogP contribution >= 0.6 is 11.6 Å². The second-order valence-electron chi connectivity index (χ2n) is 12.4. The van der Waals surface area contributed by atoms with Gasteiger partial charge in [0.1, 0.15) is 11.6 Å². The number of carbonyl (C=O) groups excluding carboxylic acids is 3. The van der Waals surface area contributed by atoms with Gasteiger partial charge in [0.05, 0.1) is 12.1 Å². The summed E-state index contributed by atoms with van der Waals surface area (Å²) in [6.07, 6.45) is 1.62.